The Balaban J connectivity index is 1.84. The van der Waals surface area contributed by atoms with Crippen molar-refractivity contribution in [3.05, 3.63) is 50.9 Å². The molecule has 6 heteroatoms. The maximum atomic E-state index is 11.3. The van der Waals surface area contributed by atoms with E-state index >= 15 is 0 Å². The van der Waals surface area contributed by atoms with E-state index in [1.807, 2.05) is 30.3 Å². The van der Waals surface area contributed by atoms with Gasteiger partial charge in [-0.2, -0.15) is 0 Å². The van der Waals surface area contributed by atoms with Crippen LogP contribution in [0, 0.1) is 0 Å². The Bertz CT molecular complexity index is 547. The summed E-state index contributed by atoms with van der Waals surface area (Å²) in [5.41, 5.74) is 0.904. The fourth-order valence-corrected chi connectivity index (χ4v) is 1.72. The lowest BCUT2D eigenvalue weighted by atomic mass is 10.2. The first kappa shape index (κ1) is 11.4. The summed E-state index contributed by atoms with van der Waals surface area (Å²) in [5, 5.41) is 3.95. The van der Waals surface area contributed by atoms with Gasteiger partial charge in [-0.05, 0) is 5.56 Å². The summed E-state index contributed by atoms with van der Waals surface area (Å²) in [4.78, 5) is 24.4. The Morgan fingerprint density at radius 1 is 1.35 bits per heavy atom. The highest BCUT2D eigenvalue weighted by molar-refractivity contribution is 7.07. The Morgan fingerprint density at radius 2 is 2.12 bits per heavy atom. The van der Waals surface area contributed by atoms with Crippen molar-refractivity contribution in [3.63, 3.8) is 0 Å². The summed E-state index contributed by atoms with van der Waals surface area (Å²) in [7, 11) is 0. The maximum Gasteiger partial charge on any atom is 0.413 e. The summed E-state index contributed by atoms with van der Waals surface area (Å²) in [5.74, 6) is 0.345. The standard InChI is InChI=1S/C11H10N2O3S/c14-10(12-9-7-17-11(15)13-9)16-6-8-4-2-1-3-5-8/h1-5,7H,6H2,(H,12,14)(H,13,15). The van der Waals surface area contributed by atoms with Gasteiger partial charge in [0.2, 0.25) is 0 Å². The molecular formula is C11H10N2O3S. The van der Waals surface area contributed by atoms with Crippen LogP contribution in [0.15, 0.2) is 40.5 Å². The van der Waals surface area contributed by atoms with E-state index in [1.54, 1.807) is 0 Å². The van der Waals surface area contributed by atoms with Gasteiger partial charge in [0, 0.05) is 5.38 Å². The topological polar surface area (TPSA) is 71.2 Å². The monoisotopic (exact) mass is 250 g/mol. The fraction of sp³-hybridized carbons (Fsp3) is 0.0909. The average Bonchev–Trinajstić information content (AvgIpc) is 2.73. The molecule has 0 atom stereocenters. The van der Waals surface area contributed by atoms with Crippen LogP contribution >= 0.6 is 11.3 Å². The number of carbonyl (C=O) groups excluding carboxylic acids is 1. The van der Waals surface area contributed by atoms with E-state index in [9.17, 15) is 9.59 Å². The molecule has 0 saturated carbocycles. The molecule has 0 unspecified atom stereocenters. The van der Waals surface area contributed by atoms with E-state index in [-0.39, 0.29) is 11.5 Å². The average molecular weight is 250 g/mol. The summed E-state index contributed by atoms with van der Waals surface area (Å²) in [6, 6.07) is 9.35. The predicted molar refractivity (Wildman–Crippen MR) is 65.2 cm³/mol. The van der Waals surface area contributed by atoms with E-state index in [4.69, 9.17) is 4.74 Å². The van der Waals surface area contributed by atoms with Crippen LogP contribution in [-0.2, 0) is 11.3 Å². The van der Waals surface area contributed by atoms with Gasteiger partial charge in [0.05, 0.1) is 0 Å². The van der Waals surface area contributed by atoms with Crippen molar-refractivity contribution in [2.75, 3.05) is 5.32 Å². The lowest BCUT2D eigenvalue weighted by Gasteiger charge is -2.04. The van der Waals surface area contributed by atoms with Crippen LogP contribution in [0.25, 0.3) is 0 Å². The highest BCUT2D eigenvalue weighted by Gasteiger charge is 2.04. The molecule has 1 aromatic heterocycles. The van der Waals surface area contributed by atoms with Crippen molar-refractivity contribution in [3.8, 4) is 0 Å². The Hall–Kier alpha value is -2.08. The smallest absolute Gasteiger partial charge is 0.413 e. The van der Waals surface area contributed by atoms with Gasteiger partial charge in [-0.25, -0.2) is 4.79 Å². The van der Waals surface area contributed by atoms with Gasteiger partial charge in [-0.1, -0.05) is 41.7 Å². The summed E-state index contributed by atoms with van der Waals surface area (Å²) >= 11 is 0.979. The molecule has 1 heterocycles. The Morgan fingerprint density at radius 3 is 2.76 bits per heavy atom. The minimum Gasteiger partial charge on any atom is -0.444 e. The minimum absolute atomic E-state index is 0.195. The minimum atomic E-state index is -0.595. The number of carbonyl (C=O) groups is 1. The molecule has 1 amide bonds. The first-order valence-corrected chi connectivity index (χ1v) is 5.77. The molecule has 0 radical (unpaired) electrons. The van der Waals surface area contributed by atoms with E-state index < -0.39 is 6.09 Å². The molecule has 0 saturated heterocycles. The zero-order valence-electron chi connectivity index (χ0n) is 8.80. The number of aromatic nitrogens is 1. The fourth-order valence-electron chi connectivity index (χ4n) is 1.21. The summed E-state index contributed by atoms with van der Waals surface area (Å²) < 4.78 is 4.97. The van der Waals surface area contributed by atoms with Crippen LogP contribution < -0.4 is 10.2 Å². The van der Waals surface area contributed by atoms with Crippen LogP contribution in [0.2, 0.25) is 0 Å². The molecule has 0 bridgehead atoms. The number of benzene rings is 1. The molecule has 2 N–H and O–H groups in total. The third-order valence-corrected chi connectivity index (χ3v) is 2.64. The molecule has 0 aliphatic carbocycles. The lowest BCUT2D eigenvalue weighted by molar-refractivity contribution is 0.155. The number of amides is 1. The van der Waals surface area contributed by atoms with Crippen molar-refractivity contribution >= 4 is 23.2 Å². The van der Waals surface area contributed by atoms with Gasteiger partial charge in [0.1, 0.15) is 12.4 Å². The first-order valence-electron chi connectivity index (χ1n) is 4.89. The number of hydrogen-bond donors (Lipinski definition) is 2. The Kier molecular flexibility index (Phi) is 3.56. The van der Waals surface area contributed by atoms with Crippen LogP contribution in [0.3, 0.4) is 0 Å². The van der Waals surface area contributed by atoms with Crippen LogP contribution in [0.4, 0.5) is 10.6 Å². The molecule has 2 rings (SSSR count). The first-order chi connectivity index (χ1) is 8.24. The second kappa shape index (κ2) is 5.31. The number of nitrogens with one attached hydrogen (secondary N) is 2. The lowest BCUT2D eigenvalue weighted by Crippen LogP contribution is -2.14. The third kappa shape index (κ3) is 3.46. The molecule has 2 aromatic rings. The summed E-state index contributed by atoms with van der Waals surface area (Å²) in [6.45, 7) is 0.195. The molecule has 0 aliphatic rings. The number of H-pyrrole nitrogens is 1. The predicted octanol–water partition coefficient (Wildman–Crippen LogP) is 2.19. The van der Waals surface area contributed by atoms with Crippen molar-refractivity contribution < 1.29 is 9.53 Å². The van der Waals surface area contributed by atoms with E-state index in [2.05, 4.69) is 10.3 Å². The van der Waals surface area contributed by atoms with Crippen molar-refractivity contribution in [1.29, 1.82) is 0 Å². The third-order valence-electron chi connectivity index (χ3n) is 1.97. The second-order valence-electron chi connectivity index (χ2n) is 3.25. The number of rotatable bonds is 3. The molecule has 1 aromatic carbocycles. The van der Waals surface area contributed by atoms with Crippen LogP contribution in [0.5, 0.6) is 0 Å². The van der Waals surface area contributed by atoms with Gasteiger partial charge >= 0.3 is 11.0 Å². The SMILES string of the molecule is O=C(Nc1csc(=O)[nH]1)OCc1ccccc1. The number of thiazole rings is 1. The molecule has 0 fully saturated rings. The van der Waals surface area contributed by atoms with Crippen molar-refractivity contribution in [2.24, 2.45) is 0 Å². The van der Waals surface area contributed by atoms with E-state index in [1.165, 1.54) is 5.38 Å². The molecule has 17 heavy (non-hydrogen) atoms. The Labute approximate surface area is 101 Å². The van der Waals surface area contributed by atoms with Gasteiger partial charge in [0.15, 0.2) is 0 Å². The molecular weight excluding hydrogens is 240 g/mol. The quantitative estimate of drug-likeness (QED) is 0.877. The van der Waals surface area contributed by atoms with Gasteiger partial charge in [-0.15, -0.1) is 0 Å². The number of hydrogen-bond acceptors (Lipinski definition) is 4. The largest absolute Gasteiger partial charge is 0.444 e. The molecule has 88 valence electrons. The van der Waals surface area contributed by atoms with Crippen molar-refractivity contribution in [2.45, 2.75) is 6.61 Å². The number of anilines is 1. The molecule has 0 aliphatic heterocycles. The van der Waals surface area contributed by atoms with Gasteiger partial charge in [0.25, 0.3) is 0 Å². The van der Waals surface area contributed by atoms with E-state index in [0.29, 0.717) is 5.82 Å². The zero-order valence-corrected chi connectivity index (χ0v) is 9.62. The molecule has 5 nitrogen and oxygen atoms in total. The zero-order chi connectivity index (χ0) is 12.1. The highest BCUT2D eigenvalue weighted by Crippen LogP contribution is 2.05. The van der Waals surface area contributed by atoms with Gasteiger partial charge in [-0.3, -0.25) is 15.1 Å². The van der Waals surface area contributed by atoms with Crippen LogP contribution in [-0.4, -0.2) is 11.1 Å². The van der Waals surface area contributed by atoms with Crippen molar-refractivity contribution in [1.82, 2.24) is 4.98 Å². The maximum absolute atomic E-state index is 11.3. The highest BCUT2D eigenvalue weighted by atomic mass is 32.1. The second-order valence-corrected chi connectivity index (χ2v) is 4.09. The van der Waals surface area contributed by atoms with Crippen LogP contribution in [0.1, 0.15) is 5.56 Å². The number of aromatic amines is 1. The summed E-state index contributed by atoms with van der Waals surface area (Å²) in [6.07, 6.45) is -0.595. The van der Waals surface area contributed by atoms with E-state index in [0.717, 1.165) is 16.9 Å². The molecule has 0 spiro atoms. The normalized spacial score (nSPS) is 9.88. The number of ether oxygens (including phenoxy) is 1. The van der Waals surface area contributed by atoms with Gasteiger partial charge < -0.3 is 4.74 Å².